The number of methoxy groups -OCH3 is 1. The molecule has 1 saturated heterocycles. The van der Waals surface area contributed by atoms with E-state index in [1.165, 1.54) is 11.5 Å². The van der Waals surface area contributed by atoms with Gasteiger partial charge >= 0.3 is 0 Å². The Morgan fingerprint density at radius 3 is 2.95 bits per heavy atom. The predicted octanol–water partition coefficient (Wildman–Crippen LogP) is 1.19. The van der Waals surface area contributed by atoms with Gasteiger partial charge in [0.25, 0.3) is 0 Å². The van der Waals surface area contributed by atoms with Gasteiger partial charge in [0.1, 0.15) is 6.61 Å². The van der Waals surface area contributed by atoms with Gasteiger partial charge in [0.2, 0.25) is 0 Å². The van der Waals surface area contributed by atoms with Crippen molar-refractivity contribution in [2.24, 2.45) is 5.84 Å². The fraction of sp³-hybridized carbons (Fsp3) is 0.571. The van der Waals surface area contributed by atoms with Crippen LogP contribution in [-0.4, -0.2) is 55.8 Å². The molecule has 0 aromatic heterocycles. The maximum atomic E-state index is 6.30. The summed E-state index contributed by atoms with van der Waals surface area (Å²) in [6, 6.07) is 6.02. The van der Waals surface area contributed by atoms with Crippen molar-refractivity contribution in [1.82, 2.24) is 4.90 Å². The van der Waals surface area contributed by atoms with Gasteiger partial charge < -0.3 is 9.47 Å². The van der Waals surface area contributed by atoms with Gasteiger partial charge in [0.15, 0.2) is 11.5 Å². The van der Waals surface area contributed by atoms with Crippen molar-refractivity contribution in [3.63, 3.8) is 0 Å². The van der Waals surface area contributed by atoms with E-state index in [9.17, 15) is 0 Å². The van der Waals surface area contributed by atoms with Crippen LogP contribution in [0, 0.1) is 0 Å². The molecule has 3 rings (SSSR count). The lowest BCUT2D eigenvalue weighted by atomic mass is 10.1. The number of nitrogens with two attached hydrogens (primary N) is 1. The van der Waals surface area contributed by atoms with E-state index in [2.05, 4.69) is 4.90 Å². The summed E-state index contributed by atoms with van der Waals surface area (Å²) in [4.78, 5) is 2.47. The van der Waals surface area contributed by atoms with Gasteiger partial charge in [-0.15, -0.1) is 0 Å². The van der Waals surface area contributed by atoms with Crippen LogP contribution in [0.4, 0.5) is 5.69 Å². The van der Waals surface area contributed by atoms with E-state index in [1.54, 1.807) is 7.11 Å². The molecule has 1 atom stereocenters. The summed E-state index contributed by atoms with van der Waals surface area (Å²) < 4.78 is 11.2. The van der Waals surface area contributed by atoms with E-state index in [4.69, 9.17) is 15.3 Å². The summed E-state index contributed by atoms with van der Waals surface area (Å²) in [6.45, 7) is 3.83. The van der Waals surface area contributed by atoms with Gasteiger partial charge in [0.05, 0.1) is 18.8 Å². The highest BCUT2D eigenvalue weighted by Gasteiger charge is 2.29. The molecule has 2 aliphatic rings. The van der Waals surface area contributed by atoms with Crippen molar-refractivity contribution in [2.45, 2.75) is 6.04 Å². The molecule has 6 heteroatoms. The normalized spacial score (nSPS) is 23.1. The van der Waals surface area contributed by atoms with Crippen molar-refractivity contribution in [2.75, 3.05) is 49.9 Å². The highest BCUT2D eigenvalue weighted by Crippen LogP contribution is 2.39. The van der Waals surface area contributed by atoms with Crippen LogP contribution < -0.4 is 20.3 Å². The molecule has 1 aromatic carbocycles. The average Bonchev–Trinajstić information content (AvgIpc) is 2.51. The van der Waals surface area contributed by atoms with Gasteiger partial charge in [-0.3, -0.25) is 9.91 Å². The first-order chi connectivity index (χ1) is 9.79. The van der Waals surface area contributed by atoms with Crippen molar-refractivity contribution >= 4 is 17.4 Å². The molecular formula is C14H21N3O2S. The highest BCUT2D eigenvalue weighted by atomic mass is 32.2. The van der Waals surface area contributed by atoms with E-state index in [0.29, 0.717) is 6.61 Å². The topological polar surface area (TPSA) is 51.0 Å². The number of hydrogen-bond acceptors (Lipinski definition) is 6. The molecule has 1 fully saturated rings. The Kier molecular flexibility index (Phi) is 4.24. The number of hydrazine groups is 1. The molecule has 1 unspecified atom stereocenters. The van der Waals surface area contributed by atoms with Crippen LogP contribution >= 0.6 is 11.8 Å². The maximum absolute atomic E-state index is 6.30. The van der Waals surface area contributed by atoms with Crippen LogP contribution in [-0.2, 0) is 0 Å². The van der Waals surface area contributed by atoms with Crippen LogP contribution in [0.3, 0.4) is 0 Å². The number of rotatable bonds is 3. The molecule has 0 radical (unpaired) electrons. The van der Waals surface area contributed by atoms with Crippen molar-refractivity contribution in [3.05, 3.63) is 18.2 Å². The maximum Gasteiger partial charge on any atom is 0.185 e. The number of hydrogen-bond donors (Lipinski definition) is 1. The molecule has 0 saturated carbocycles. The second-order valence-corrected chi connectivity index (χ2v) is 6.32. The minimum Gasteiger partial charge on any atom is -0.493 e. The monoisotopic (exact) mass is 295 g/mol. The first-order valence-electron chi connectivity index (χ1n) is 6.93. The summed E-state index contributed by atoms with van der Waals surface area (Å²) >= 11 is 2.02. The third-order valence-corrected chi connectivity index (χ3v) is 4.78. The third-order valence-electron chi connectivity index (χ3n) is 3.84. The molecule has 20 heavy (non-hydrogen) atoms. The molecule has 5 nitrogen and oxygen atoms in total. The largest absolute Gasteiger partial charge is 0.493 e. The fourth-order valence-electron chi connectivity index (χ4n) is 2.69. The van der Waals surface area contributed by atoms with E-state index in [1.807, 2.05) is 35.0 Å². The Morgan fingerprint density at radius 2 is 2.20 bits per heavy atom. The first kappa shape index (κ1) is 13.9. The Bertz CT molecular complexity index is 466. The average molecular weight is 295 g/mol. The summed E-state index contributed by atoms with van der Waals surface area (Å²) in [5.41, 5.74) is 0.909. The number of nitrogens with zero attached hydrogens (tertiary/aromatic N) is 2. The Hall–Kier alpha value is -1.11. The summed E-state index contributed by atoms with van der Waals surface area (Å²) in [5, 5.41) is 1.84. The number of anilines is 1. The third kappa shape index (κ3) is 2.68. The molecular weight excluding hydrogens is 274 g/mol. The number of para-hydroxylation sites is 1. The van der Waals surface area contributed by atoms with E-state index < -0.39 is 0 Å². The zero-order valence-corrected chi connectivity index (χ0v) is 12.6. The van der Waals surface area contributed by atoms with E-state index in [-0.39, 0.29) is 6.04 Å². The molecule has 110 valence electrons. The van der Waals surface area contributed by atoms with E-state index in [0.717, 1.165) is 36.8 Å². The van der Waals surface area contributed by atoms with Gasteiger partial charge in [-0.05, 0) is 12.1 Å². The predicted molar refractivity (Wildman–Crippen MR) is 82.7 cm³/mol. The molecule has 2 heterocycles. The minimum absolute atomic E-state index is 0.192. The Morgan fingerprint density at radius 1 is 1.40 bits per heavy atom. The van der Waals surface area contributed by atoms with Crippen molar-refractivity contribution in [1.29, 1.82) is 0 Å². The second kappa shape index (κ2) is 6.11. The Labute approximate surface area is 124 Å². The van der Waals surface area contributed by atoms with Gasteiger partial charge in [-0.2, -0.15) is 11.8 Å². The lowest BCUT2D eigenvalue weighted by Gasteiger charge is -2.39. The van der Waals surface area contributed by atoms with Crippen LogP contribution in [0.5, 0.6) is 11.5 Å². The number of ether oxygens (including phenoxy) is 2. The van der Waals surface area contributed by atoms with E-state index >= 15 is 0 Å². The number of fused-ring (bicyclic) bond motifs is 1. The lowest BCUT2D eigenvalue weighted by molar-refractivity contribution is 0.200. The molecule has 2 N–H and O–H groups in total. The second-order valence-electron chi connectivity index (χ2n) is 5.09. The highest BCUT2D eigenvalue weighted by molar-refractivity contribution is 7.99. The van der Waals surface area contributed by atoms with Crippen LogP contribution in [0.1, 0.15) is 0 Å². The van der Waals surface area contributed by atoms with Gasteiger partial charge in [-0.25, -0.2) is 5.84 Å². The molecule has 0 amide bonds. The van der Waals surface area contributed by atoms with Crippen LogP contribution in [0.15, 0.2) is 18.2 Å². The summed E-state index contributed by atoms with van der Waals surface area (Å²) in [5.74, 6) is 10.2. The van der Waals surface area contributed by atoms with Gasteiger partial charge in [0, 0.05) is 31.1 Å². The smallest absolute Gasteiger partial charge is 0.185 e. The lowest BCUT2D eigenvalue weighted by Crippen LogP contribution is -2.54. The molecule has 1 aromatic rings. The zero-order valence-electron chi connectivity index (χ0n) is 11.7. The minimum atomic E-state index is 0.192. The number of thioether (sulfide) groups is 1. The van der Waals surface area contributed by atoms with Crippen LogP contribution in [0.25, 0.3) is 0 Å². The molecule has 0 aliphatic carbocycles. The Balaban J connectivity index is 1.73. The molecule has 2 aliphatic heterocycles. The molecule has 0 spiro atoms. The quantitative estimate of drug-likeness (QED) is 0.845. The van der Waals surface area contributed by atoms with Crippen molar-refractivity contribution < 1.29 is 9.47 Å². The SMILES string of the molecule is COc1cccc2c1OCC(CN1CCSCC1)N2N. The fourth-order valence-corrected chi connectivity index (χ4v) is 3.67. The number of benzene rings is 1. The summed E-state index contributed by atoms with van der Waals surface area (Å²) in [7, 11) is 1.65. The van der Waals surface area contributed by atoms with Crippen molar-refractivity contribution in [3.8, 4) is 11.5 Å². The zero-order chi connectivity index (χ0) is 13.9. The van der Waals surface area contributed by atoms with Gasteiger partial charge in [-0.1, -0.05) is 6.07 Å². The first-order valence-corrected chi connectivity index (χ1v) is 8.09. The summed E-state index contributed by atoms with van der Waals surface area (Å²) in [6.07, 6.45) is 0. The standard InChI is InChI=1S/C14H21N3O2S/c1-18-13-4-2-3-12-14(13)19-10-11(17(12)15)9-16-5-7-20-8-6-16/h2-4,11H,5-10,15H2,1H3. The van der Waals surface area contributed by atoms with Crippen LogP contribution in [0.2, 0.25) is 0 Å². The molecule has 0 bridgehead atoms.